The molecule has 2 aromatic heterocycles. The van der Waals surface area contributed by atoms with Gasteiger partial charge in [0.2, 0.25) is 5.65 Å². The van der Waals surface area contributed by atoms with Crippen molar-refractivity contribution in [2.24, 2.45) is 0 Å². The van der Waals surface area contributed by atoms with Gasteiger partial charge in [0.05, 0.1) is 11.0 Å². The van der Waals surface area contributed by atoms with Crippen molar-refractivity contribution >= 4 is 22.5 Å². The average Bonchev–Trinajstić information content (AvgIpc) is 2.97. The molecular formula is C15H19N7. The lowest BCUT2D eigenvalue weighted by atomic mass is 10.1. The number of anilines is 1. The summed E-state index contributed by atoms with van der Waals surface area (Å²) in [7, 11) is 2.15. The molecule has 1 aromatic carbocycles. The molecule has 1 fully saturated rings. The van der Waals surface area contributed by atoms with Crippen LogP contribution in [-0.4, -0.2) is 63.2 Å². The Labute approximate surface area is 128 Å². The standard InChI is InChI=1S/C15H19N7/c1-10-8-11(2)13-12(9-10)22-15(17-18-19-22)14(16-13)21-6-4-20(3)5-7-21/h8-9H,4-7H2,1-3H3. The minimum atomic E-state index is 0.738. The molecule has 4 rings (SSSR count). The van der Waals surface area contributed by atoms with Crippen LogP contribution in [-0.2, 0) is 0 Å². The molecule has 114 valence electrons. The fraction of sp³-hybridized carbons (Fsp3) is 0.467. The first-order valence-corrected chi connectivity index (χ1v) is 7.56. The zero-order valence-corrected chi connectivity index (χ0v) is 13.1. The van der Waals surface area contributed by atoms with Crippen LogP contribution in [0.1, 0.15) is 11.1 Å². The van der Waals surface area contributed by atoms with E-state index in [1.165, 1.54) is 5.56 Å². The van der Waals surface area contributed by atoms with Crippen LogP contribution < -0.4 is 4.90 Å². The summed E-state index contributed by atoms with van der Waals surface area (Å²) >= 11 is 0. The van der Waals surface area contributed by atoms with Crippen molar-refractivity contribution < 1.29 is 0 Å². The van der Waals surface area contributed by atoms with Crippen LogP contribution in [0.4, 0.5) is 5.82 Å². The number of fused-ring (bicyclic) bond motifs is 3. The molecule has 0 aliphatic carbocycles. The maximum atomic E-state index is 4.91. The second-order valence-electron chi connectivity index (χ2n) is 6.09. The van der Waals surface area contributed by atoms with Gasteiger partial charge in [-0.3, -0.25) is 0 Å². The lowest BCUT2D eigenvalue weighted by molar-refractivity contribution is 0.312. The van der Waals surface area contributed by atoms with Crippen LogP contribution in [0.5, 0.6) is 0 Å². The highest BCUT2D eigenvalue weighted by atomic mass is 15.5. The molecule has 0 N–H and O–H groups in total. The number of aromatic nitrogens is 5. The quantitative estimate of drug-likeness (QED) is 0.669. The molecule has 3 aromatic rings. The van der Waals surface area contributed by atoms with Crippen molar-refractivity contribution in [2.75, 3.05) is 38.1 Å². The largest absolute Gasteiger partial charge is 0.351 e. The molecular weight excluding hydrogens is 278 g/mol. The highest BCUT2D eigenvalue weighted by Crippen LogP contribution is 2.26. The van der Waals surface area contributed by atoms with Crippen LogP contribution in [0.15, 0.2) is 12.1 Å². The van der Waals surface area contributed by atoms with Crippen LogP contribution in [0.2, 0.25) is 0 Å². The summed E-state index contributed by atoms with van der Waals surface area (Å²) in [6.45, 7) is 8.12. The molecule has 3 heterocycles. The van der Waals surface area contributed by atoms with E-state index in [0.717, 1.165) is 54.2 Å². The van der Waals surface area contributed by atoms with Crippen molar-refractivity contribution in [1.29, 1.82) is 0 Å². The molecule has 0 unspecified atom stereocenters. The Morgan fingerprint density at radius 1 is 1.05 bits per heavy atom. The van der Waals surface area contributed by atoms with E-state index in [4.69, 9.17) is 4.98 Å². The summed E-state index contributed by atoms with van der Waals surface area (Å²) in [5, 5.41) is 12.3. The Kier molecular flexibility index (Phi) is 2.97. The number of aryl methyl sites for hydroxylation is 2. The zero-order chi connectivity index (χ0) is 15.3. The van der Waals surface area contributed by atoms with E-state index in [9.17, 15) is 0 Å². The van der Waals surface area contributed by atoms with E-state index in [-0.39, 0.29) is 0 Å². The fourth-order valence-electron chi connectivity index (χ4n) is 3.12. The van der Waals surface area contributed by atoms with Gasteiger partial charge in [-0.05, 0) is 48.5 Å². The minimum absolute atomic E-state index is 0.738. The van der Waals surface area contributed by atoms with Gasteiger partial charge < -0.3 is 9.80 Å². The van der Waals surface area contributed by atoms with Gasteiger partial charge in [0.15, 0.2) is 5.82 Å². The van der Waals surface area contributed by atoms with Crippen LogP contribution in [0.25, 0.3) is 16.7 Å². The summed E-state index contributed by atoms with van der Waals surface area (Å²) in [6.07, 6.45) is 0. The van der Waals surface area contributed by atoms with E-state index in [1.807, 2.05) is 4.52 Å². The molecule has 22 heavy (non-hydrogen) atoms. The number of piperazine rings is 1. The number of tetrazole rings is 1. The van der Waals surface area contributed by atoms with E-state index in [1.54, 1.807) is 0 Å². The molecule has 1 saturated heterocycles. The van der Waals surface area contributed by atoms with Gasteiger partial charge in [-0.15, -0.1) is 5.10 Å². The summed E-state index contributed by atoms with van der Waals surface area (Å²) in [5.74, 6) is 0.887. The van der Waals surface area contributed by atoms with E-state index in [0.29, 0.717) is 0 Å². The molecule has 0 spiro atoms. The van der Waals surface area contributed by atoms with Gasteiger partial charge in [0.1, 0.15) is 0 Å². The van der Waals surface area contributed by atoms with Gasteiger partial charge in [-0.2, -0.15) is 4.52 Å². The van der Waals surface area contributed by atoms with Crippen molar-refractivity contribution in [3.8, 4) is 0 Å². The highest BCUT2D eigenvalue weighted by Gasteiger charge is 2.21. The maximum absolute atomic E-state index is 4.91. The third-order valence-electron chi connectivity index (χ3n) is 4.34. The number of hydrogen-bond donors (Lipinski definition) is 0. The third kappa shape index (κ3) is 2.00. The van der Waals surface area contributed by atoms with Gasteiger partial charge in [-0.1, -0.05) is 6.07 Å². The Morgan fingerprint density at radius 2 is 1.82 bits per heavy atom. The van der Waals surface area contributed by atoms with Gasteiger partial charge >= 0.3 is 0 Å². The first-order chi connectivity index (χ1) is 10.6. The van der Waals surface area contributed by atoms with Gasteiger partial charge in [0.25, 0.3) is 0 Å². The monoisotopic (exact) mass is 297 g/mol. The van der Waals surface area contributed by atoms with Crippen molar-refractivity contribution in [1.82, 2.24) is 29.9 Å². The Hall–Kier alpha value is -2.28. The highest BCUT2D eigenvalue weighted by molar-refractivity contribution is 5.85. The zero-order valence-electron chi connectivity index (χ0n) is 13.1. The SMILES string of the molecule is Cc1cc(C)c2nc(N3CCN(C)CC3)c3nnnn3c2c1. The smallest absolute Gasteiger partial charge is 0.222 e. The maximum Gasteiger partial charge on any atom is 0.222 e. The van der Waals surface area contributed by atoms with Gasteiger partial charge in [-0.25, -0.2) is 4.98 Å². The molecule has 0 radical (unpaired) electrons. The summed E-state index contributed by atoms with van der Waals surface area (Å²) in [6, 6.07) is 4.24. The normalized spacial score (nSPS) is 16.8. The second-order valence-corrected chi connectivity index (χ2v) is 6.09. The second kappa shape index (κ2) is 4.88. The molecule has 7 heteroatoms. The summed E-state index contributed by atoms with van der Waals surface area (Å²) < 4.78 is 1.82. The molecule has 0 amide bonds. The molecule has 0 saturated carbocycles. The lowest BCUT2D eigenvalue weighted by Crippen LogP contribution is -2.45. The first-order valence-electron chi connectivity index (χ1n) is 7.56. The predicted octanol–water partition coefficient (Wildman–Crippen LogP) is 1.04. The number of likely N-dealkylation sites (N-methyl/N-ethyl adjacent to an activating group) is 1. The topological polar surface area (TPSA) is 62.5 Å². The summed E-state index contributed by atoms with van der Waals surface area (Å²) in [4.78, 5) is 9.52. The Bertz CT molecular complexity index is 846. The van der Waals surface area contributed by atoms with E-state index < -0.39 is 0 Å². The molecule has 0 bridgehead atoms. The number of hydrogen-bond acceptors (Lipinski definition) is 6. The van der Waals surface area contributed by atoms with E-state index >= 15 is 0 Å². The average molecular weight is 297 g/mol. The molecule has 7 nitrogen and oxygen atoms in total. The molecule has 1 aliphatic rings. The van der Waals surface area contributed by atoms with Crippen LogP contribution >= 0.6 is 0 Å². The molecule has 0 atom stereocenters. The minimum Gasteiger partial charge on any atom is -0.351 e. The van der Waals surface area contributed by atoms with E-state index in [2.05, 4.69) is 58.4 Å². The van der Waals surface area contributed by atoms with Crippen molar-refractivity contribution in [2.45, 2.75) is 13.8 Å². The summed E-state index contributed by atoms with van der Waals surface area (Å²) in [5.41, 5.74) is 5.02. The fourth-order valence-corrected chi connectivity index (χ4v) is 3.12. The third-order valence-corrected chi connectivity index (χ3v) is 4.34. The number of benzene rings is 1. The van der Waals surface area contributed by atoms with Gasteiger partial charge in [0, 0.05) is 26.2 Å². The Morgan fingerprint density at radius 3 is 2.59 bits per heavy atom. The Balaban J connectivity index is 1.95. The lowest BCUT2D eigenvalue weighted by Gasteiger charge is -2.33. The van der Waals surface area contributed by atoms with Crippen molar-refractivity contribution in [3.63, 3.8) is 0 Å². The molecule has 1 aliphatic heterocycles. The number of nitrogens with zero attached hydrogens (tertiary/aromatic N) is 7. The van der Waals surface area contributed by atoms with Crippen molar-refractivity contribution in [3.05, 3.63) is 23.3 Å². The number of rotatable bonds is 1. The van der Waals surface area contributed by atoms with Crippen LogP contribution in [0, 0.1) is 13.8 Å². The first kappa shape index (κ1) is 13.4. The van der Waals surface area contributed by atoms with Crippen LogP contribution in [0.3, 0.4) is 0 Å². The predicted molar refractivity (Wildman–Crippen MR) is 85.3 cm³/mol.